The molecule has 2 rings (SSSR count). The van der Waals surface area contributed by atoms with Crippen LogP contribution >= 0.6 is 0 Å². The number of benzene rings is 1. The van der Waals surface area contributed by atoms with E-state index in [4.69, 9.17) is 4.74 Å². The predicted octanol–water partition coefficient (Wildman–Crippen LogP) is 3.79. The number of hydrogen-bond acceptors (Lipinski definition) is 3. The van der Waals surface area contributed by atoms with E-state index >= 15 is 0 Å². The van der Waals surface area contributed by atoms with Gasteiger partial charge in [-0.15, -0.1) is 0 Å². The van der Waals surface area contributed by atoms with E-state index in [0.717, 1.165) is 18.5 Å². The first-order valence-electron chi connectivity index (χ1n) is 7.46. The van der Waals surface area contributed by atoms with Gasteiger partial charge in [0.25, 0.3) is 0 Å². The Balaban J connectivity index is 2.03. The summed E-state index contributed by atoms with van der Waals surface area (Å²) in [6.07, 6.45) is 1.13. The summed E-state index contributed by atoms with van der Waals surface area (Å²) in [7, 11) is 0. The summed E-state index contributed by atoms with van der Waals surface area (Å²) in [5.74, 6) is 1.60. The van der Waals surface area contributed by atoms with Crippen LogP contribution < -0.4 is 14.8 Å². The molecular formula is C16H23F2NO2. The minimum Gasteiger partial charge on any atom is -0.490 e. The second kappa shape index (κ2) is 7.07. The molecule has 2 atom stereocenters. The average molecular weight is 299 g/mol. The maximum Gasteiger partial charge on any atom is 0.387 e. The van der Waals surface area contributed by atoms with Crippen molar-refractivity contribution < 1.29 is 18.3 Å². The fourth-order valence-corrected chi connectivity index (χ4v) is 2.49. The Morgan fingerprint density at radius 1 is 1.29 bits per heavy atom. The Bertz CT molecular complexity index is 466. The van der Waals surface area contributed by atoms with Crippen LogP contribution in [0.25, 0.3) is 0 Å². The molecule has 2 unspecified atom stereocenters. The quantitative estimate of drug-likeness (QED) is 0.792. The van der Waals surface area contributed by atoms with Gasteiger partial charge in [0.15, 0.2) is 11.5 Å². The molecule has 0 heterocycles. The highest BCUT2D eigenvalue weighted by Crippen LogP contribution is 2.48. The van der Waals surface area contributed by atoms with Gasteiger partial charge in [-0.1, -0.05) is 19.9 Å². The number of rotatable bonds is 8. The first-order chi connectivity index (χ1) is 10.0. The van der Waals surface area contributed by atoms with Gasteiger partial charge in [-0.25, -0.2) is 0 Å². The minimum atomic E-state index is -2.83. The fraction of sp³-hybridized carbons (Fsp3) is 0.625. The molecule has 0 bridgehead atoms. The smallest absolute Gasteiger partial charge is 0.387 e. The summed E-state index contributed by atoms with van der Waals surface area (Å²) >= 11 is 0. The van der Waals surface area contributed by atoms with Crippen molar-refractivity contribution in [1.29, 1.82) is 0 Å². The second-order valence-electron chi connectivity index (χ2n) is 5.68. The molecule has 0 aliphatic heterocycles. The van der Waals surface area contributed by atoms with Gasteiger partial charge in [0.2, 0.25) is 0 Å². The Labute approximate surface area is 124 Å². The van der Waals surface area contributed by atoms with Crippen molar-refractivity contribution in [2.45, 2.75) is 45.8 Å². The van der Waals surface area contributed by atoms with Crippen LogP contribution in [0.1, 0.15) is 38.7 Å². The van der Waals surface area contributed by atoms with Crippen molar-refractivity contribution in [2.24, 2.45) is 5.92 Å². The highest BCUT2D eigenvalue weighted by Gasteiger charge is 2.38. The minimum absolute atomic E-state index is 0.105. The molecule has 0 spiro atoms. The van der Waals surface area contributed by atoms with Crippen molar-refractivity contribution in [2.75, 3.05) is 13.2 Å². The highest BCUT2D eigenvalue weighted by molar-refractivity contribution is 5.45. The molecule has 5 heteroatoms. The molecule has 118 valence electrons. The molecule has 1 fully saturated rings. The summed E-state index contributed by atoms with van der Waals surface area (Å²) in [6.45, 7) is 4.65. The van der Waals surface area contributed by atoms with Gasteiger partial charge in [0, 0.05) is 6.04 Å². The zero-order chi connectivity index (χ0) is 15.4. The molecule has 0 amide bonds. The van der Waals surface area contributed by atoms with Crippen LogP contribution in [0.2, 0.25) is 0 Å². The molecule has 1 aromatic carbocycles. The molecule has 0 aromatic heterocycles. The Kier molecular flexibility index (Phi) is 5.39. The lowest BCUT2D eigenvalue weighted by Gasteiger charge is -2.13. The van der Waals surface area contributed by atoms with Gasteiger partial charge in [-0.3, -0.25) is 0 Å². The molecular weight excluding hydrogens is 276 g/mol. The molecule has 0 radical (unpaired) electrons. The fourth-order valence-electron chi connectivity index (χ4n) is 2.49. The van der Waals surface area contributed by atoms with Crippen LogP contribution in [0.4, 0.5) is 8.78 Å². The predicted molar refractivity (Wildman–Crippen MR) is 78.2 cm³/mol. The van der Waals surface area contributed by atoms with Crippen LogP contribution in [0.3, 0.4) is 0 Å². The van der Waals surface area contributed by atoms with Crippen LogP contribution in [-0.4, -0.2) is 25.8 Å². The SMILES string of the molecule is CCOc1cc(C2CC2CNC(C)C)ccc1OC(F)F. The maximum atomic E-state index is 12.4. The summed E-state index contributed by atoms with van der Waals surface area (Å²) in [6, 6.07) is 5.76. The maximum absolute atomic E-state index is 12.4. The highest BCUT2D eigenvalue weighted by atomic mass is 19.3. The zero-order valence-corrected chi connectivity index (χ0v) is 12.7. The lowest BCUT2D eigenvalue weighted by molar-refractivity contribution is -0.0514. The van der Waals surface area contributed by atoms with E-state index in [2.05, 4.69) is 23.9 Å². The van der Waals surface area contributed by atoms with Crippen molar-refractivity contribution in [3.05, 3.63) is 23.8 Å². The first kappa shape index (κ1) is 16.0. The van der Waals surface area contributed by atoms with Crippen LogP contribution in [0.5, 0.6) is 11.5 Å². The molecule has 1 N–H and O–H groups in total. The van der Waals surface area contributed by atoms with E-state index < -0.39 is 6.61 Å². The monoisotopic (exact) mass is 299 g/mol. The Hall–Kier alpha value is -1.36. The number of hydrogen-bond donors (Lipinski definition) is 1. The third kappa shape index (κ3) is 4.56. The van der Waals surface area contributed by atoms with E-state index in [-0.39, 0.29) is 5.75 Å². The number of halogens is 2. The third-order valence-electron chi connectivity index (χ3n) is 3.62. The first-order valence-corrected chi connectivity index (χ1v) is 7.46. The van der Waals surface area contributed by atoms with Gasteiger partial charge in [0.1, 0.15) is 0 Å². The third-order valence-corrected chi connectivity index (χ3v) is 3.62. The van der Waals surface area contributed by atoms with Crippen LogP contribution in [0, 0.1) is 5.92 Å². The van der Waals surface area contributed by atoms with Gasteiger partial charge >= 0.3 is 6.61 Å². The normalized spacial score (nSPS) is 20.9. The van der Waals surface area contributed by atoms with E-state index in [1.807, 2.05) is 19.1 Å². The van der Waals surface area contributed by atoms with Gasteiger partial charge in [0.05, 0.1) is 6.61 Å². The summed E-state index contributed by atoms with van der Waals surface area (Å²) in [4.78, 5) is 0. The zero-order valence-electron chi connectivity index (χ0n) is 12.7. The standard InChI is InChI=1S/C16H23F2NO2/c1-4-20-15-8-11(5-6-14(15)21-16(17)18)13-7-12(13)9-19-10(2)3/h5-6,8,10,12-13,16,19H,4,7,9H2,1-3H3. The molecule has 3 nitrogen and oxygen atoms in total. The lowest BCUT2D eigenvalue weighted by atomic mass is 10.1. The van der Waals surface area contributed by atoms with Crippen molar-refractivity contribution in [3.63, 3.8) is 0 Å². The van der Waals surface area contributed by atoms with Crippen LogP contribution in [-0.2, 0) is 0 Å². The largest absolute Gasteiger partial charge is 0.490 e. The number of alkyl halides is 2. The number of ether oxygens (including phenoxy) is 2. The lowest BCUT2D eigenvalue weighted by Crippen LogP contribution is -2.25. The van der Waals surface area contributed by atoms with E-state index in [1.54, 1.807) is 6.07 Å². The molecule has 1 saturated carbocycles. The van der Waals surface area contributed by atoms with Crippen LogP contribution in [0.15, 0.2) is 18.2 Å². The Morgan fingerprint density at radius 3 is 2.67 bits per heavy atom. The van der Waals surface area contributed by atoms with E-state index in [0.29, 0.717) is 30.2 Å². The molecule has 1 aromatic rings. The van der Waals surface area contributed by atoms with Gasteiger partial charge in [-0.05, 0) is 49.4 Å². The van der Waals surface area contributed by atoms with E-state index in [9.17, 15) is 8.78 Å². The van der Waals surface area contributed by atoms with E-state index in [1.165, 1.54) is 0 Å². The topological polar surface area (TPSA) is 30.5 Å². The molecule has 0 saturated heterocycles. The molecule has 1 aliphatic carbocycles. The second-order valence-corrected chi connectivity index (χ2v) is 5.68. The van der Waals surface area contributed by atoms with Crippen molar-refractivity contribution >= 4 is 0 Å². The summed E-state index contributed by atoms with van der Waals surface area (Å²) in [5, 5.41) is 3.43. The molecule has 1 aliphatic rings. The average Bonchev–Trinajstić information content (AvgIpc) is 3.18. The number of nitrogens with one attached hydrogen (secondary N) is 1. The Morgan fingerprint density at radius 2 is 2.05 bits per heavy atom. The van der Waals surface area contributed by atoms with Gasteiger partial charge < -0.3 is 14.8 Å². The molecule has 21 heavy (non-hydrogen) atoms. The van der Waals surface area contributed by atoms with Gasteiger partial charge in [-0.2, -0.15) is 8.78 Å². The van der Waals surface area contributed by atoms with Crippen molar-refractivity contribution in [3.8, 4) is 11.5 Å². The summed E-state index contributed by atoms with van der Waals surface area (Å²) in [5.41, 5.74) is 1.13. The van der Waals surface area contributed by atoms with Crippen molar-refractivity contribution in [1.82, 2.24) is 5.32 Å². The summed E-state index contributed by atoms with van der Waals surface area (Å²) < 4.78 is 34.6.